The van der Waals surface area contributed by atoms with Gasteiger partial charge in [0.2, 0.25) is 0 Å². The van der Waals surface area contributed by atoms with Crippen molar-refractivity contribution in [1.29, 1.82) is 0 Å². The summed E-state index contributed by atoms with van der Waals surface area (Å²) in [4.78, 5) is 3.27. The molecule has 7 aromatic rings. The number of nitrogens with two attached hydrogens (primary N) is 1. The third kappa shape index (κ3) is 5.76. The van der Waals surface area contributed by atoms with Gasteiger partial charge in [0.05, 0.1) is 18.0 Å². The number of hydrogen-bond donors (Lipinski definition) is 6. The minimum Gasteiger partial charge on any atom is -0.508 e. The van der Waals surface area contributed by atoms with Crippen LogP contribution < -0.4 is 10.5 Å². The van der Waals surface area contributed by atoms with Crippen molar-refractivity contribution in [2.75, 3.05) is 12.3 Å². The fraction of sp³-hybridized carbons (Fsp3) is 0.167. The molecule has 0 fully saturated rings. The van der Waals surface area contributed by atoms with Crippen molar-refractivity contribution in [3.63, 3.8) is 0 Å². The number of phenols is 2. The average Bonchev–Trinajstić information content (AvgIpc) is 3.80. The predicted molar refractivity (Wildman–Crippen MR) is 196 cm³/mol. The van der Waals surface area contributed by atoms with Crippen LogP contribution >= 0.6 is 24.4 Å². The molecule has 13 heteroatoms. The number of rotatable bonds is 9. The summed E-state index contributed by atoms with van der Waals surface area (Å²) in [6, 6.07) is 24.0. The van der Waals surface area contributed by atoms with Gasteiger partial charge in [0.25, 0.3) is 0 Å². The zero-order valence-corrected chi connectivity index (χ0v) is 28.6. The van der Waals surface area contributed by atoms with E-state index in [0.717, 1.165) is 38.8 Å². The van der Waals surface area contributed by atoms with Crippen LogP contribution in [0.15, 0.2) is 85.1 Å². The number of hydrogen-bond acceptors (Lipinski definition) is 8. The van der Waals surface area contributed by atoms with Gasteiger partial charge >= 0.3 is 0 Å². The second kappa shape index (κ2) is 12.4. The topological polar surface area (TPSA) is 159 Å². The molecule has 0 aliphatic heterocycles. The number of H-pyrrole nitrogens is 3. The molecule has 11 nitrogen and oxygen atoms in total. The number of para-hydroxylation sites is 1. The highest BCUT2D eigenvalue weighted by Crippen LogP contribution is 2.40. The summed E-state index contributed by atoms with van der Waals surface area (Å²) < 4.78 is 10.8. The van der Waals surface area contributed by atoms with Gasteiger partial charge in [-0.3, -0.25) is 19.3 Å². The molecule has 0 radical (unpaired) electrons. The molecule has 4 aromatic carbocycles. The monoisotopic (exact) mass is 690 g/mol. The molecule has 0 saturated carbocycles. The van der Waals surface area contributed by atoms with Crippen LogP contribution in [0, 0.1) is 16.5 Å². The van der Waals surface area contributed by atoms with Gasteiger partial charge in [-0.25, -0.2) is 0 Å². The van der Waals surface area contributed by atoms with Crippen molar-refractivity contribution in [3.8, 4) is 51.4 Å². The Bertz CT molecular complexity index is 2470. The molecule has 49 heavy (non-hydrogen) atoms. The molecule has 3 aromatic heterocycles. The summed E-state index contributed by atoms with van der Waals surface area (Å²) >= 11 is 11.4. The lowest BCUT2D eigenvalue weighted by atomic mass is 9.79. The zero-order chi connectivity index (χ0) is 34.4. The van der Waals surface area contributed by atoms with Crippen molar-refractivity contribution < 1.29 is 14.9 Å². The molecule has 0 amide bonds. The van der Waals surface area contributed by atoms with E-state index in [4.69, 9.17) is 34.9 Å². The maximum Gasteiger partial charge on any atom is 0.200 e. The van der Waals surface area contributed by atoms with Crippen molar-refractivity contribution in [3.05, 3.63) is 106 Å². The summed E-state index contributed by atoms with van der Waals surface area (Å²) in [6.07, 6.45) is 2.46. The van der Waals surface area contributed by atoms with E-state index < -0.39 is 5.41 Å². The molecule has 248 valence electrons. The average molecular weight is 691 g/mol. The smallest absolute Gasteiger partial charge is 0.200 e. The van der Waals surface area contributed by atoms with Gasteiger partial charge < -0.3 is 25.7 Å². The first kappa shape index (κ1) is 31.9. The number of nitrogens with zero attached hydrogens (tertiary/aromatic N) is 4. The van der Waals surface area contributed by atoms with Crippen molar-refractivity contribution in [2.24, 2.45) is 0 Å². The van der Waals surface area contributed by atoms with Crippen LogP contribution in [0.1, 0.15) is 31.4 Å². The Morgan fingerprint density at radius 2 is 1.51 bits per heavy atom. The molecule has 0 saturated heterocycles. The lowest BCUT2D eigenvalue weighted by molar-refractivity contribution is 0.261. The van der Waals surface area contributed by atoms with Crippen LogP contribution in [-0.4, -0.2) is 51.3 Å². The quantitative estimate of drug-likeness (QED) is 0.0656. The first-order valence-electron chi connectivity index (χ1n) is 15.6. The van der Waals surface area contributed by atoms with Gasteiger partial charge in [0, 0.05) is 33.9 Å². The number of phenolic OH excluding ortho intramolecular Hbond substituents is 2. The number of ether oxygens (including phenoxy) is 1. The Hall–Kier alpha value is -5.66. The van der Waals surface area contributed by atoms with E-state index in [1.54, 1.807) is 34.9 Å². The first-order valence-corrected chi connectivity index (χ1v) is 16.4. The van der Waals surface area contributed by atoms with E-state index in [1.165, 1.54) is 0 Å². The molecular weight excluding hydrogens is 657 g/mol. The summed E-state index contributed by atoms with van der Waals surface area (Å²) in [6.45, 7) is 6.37. The van der Waals surface area contributed by atoms with Crippen LogP contribution in [0.5, 0.6) is 17.2 Å². The number of aryl methyl sites for hydroxylation is 1. The maximum atomic E-state index is 11.0. The fourth-order valence-electron chi connectivity index (χ4n) is 6.26. The summed E-state index contributed by atoms with van der Waals surface area (Å²) in [5, 5.41) is 37.0. The molecule has 7 rings (SSSR count). The molecule has 0 spiro atoms. The number of aromatic hydroxyl groups is 2. The van der Waals surface area contributed by atoms with Gasteiger partial charge in [0.1, 0.15) is 5.75 Å². The summed E-state index contributed by atoms with van der Waals surface area (Å²) in [5.74, 6) is 1.56. The largest absolute Gasteiger partial charge is 0.508 e. The van der Waals surface area contributed by atoms with Crippen LogP contribution in [0.2, 0.25) is 0 Å². The number of aromatic nitrogens is 7. The SMILES string of the molecule is Cc1cc(O)ccc1-c1n[nH]c(=S)n1-c1cccc(O)c1OCCC(C)(C)c1cc(N)ccc1-c1n[nH]c(=S)n1-c1cccc2[nH]ccc12. The second-order valence-corrected chi connectivity index (χ2v) is 13.3. The number of aromatic amines is 3. The lowest BCUT2D eigenvalue weighted by Crippen LogP contribution is -2.22. The molecule has 0 unspecified atom stereocenters. The van der Waals surface area contributed by atoms with E-state index in [-0.39, 0.29) is 23.9 Å². The number of fused-ring (bicyclic) bond motifs is 1. The highest BCUT2D eigenvalue weighted by atomic mass is 32.1. The number of anilines is 1. The Morgan fingerprint density at radius 1 is 0.837 bits per heavy atom. The summed E-state index contributed by atoms with van der Waals surface area (Å²) in [7, 11) is 0. The van der Waals surface area contributed by atoms with Crippen LogP contribution in [0.4, 0.5) is 5.69 Å². The Labute approximate surface area is 291 Å². The van der Waals surface area contributed by atoms with E-state index in [2.05, 4.69) is 39.2 Å². The molecule has 0 atom stereocenters. The van der Waals surface area contributed by atoms with Crippen LogP contribution in [0.25, 0.3) is 45.1 Å². The Balaban J connectivity index is 1.22. The number of nitrogen functional groups attached to an aromatic ring is 1. The van der Waals surface area contributed by atoms with Gasteiger partial charge in [-0.1, -0.05) is 26.0 Å². The highest BCUT2D eigenvalue weighted by Gasteiger charge is 2.28. The van der Waals surface area contributed by atoms with E-state index >= 15 is 0 Å². The first-order chi connectivity index (χ1) is 23.5. The minimum atomic E-state index is -0.464. The molecular formula is C36H34N8O3S2. The summed E-state index contributed by atoms with van der Waals surface area (Å²) in [5.41, 5.74) is 12.4. The predicted octanol–water partition coefficient (Wildman–Crippen LogP) is 8.04. The van der Waals surface area contributed by atoms with Crippen molar-refractivity contribution in [1.82, 2.24) is 34.5 Å². The Morgan fingerprint density at radius 3 is 2.27 bits per heavy atom. The number of nitrogens with one attached hydrogen (secondary N) is 3. The molecule has 7 N–H and O–H groups in total. The van der Waals surface area contributed by atoms with Gasteiger partial charge in [-0.2, -0.15) is 10.2 Å². The zero-order valence-electron chi connectivity index (χ0n) is 27.0. The highest BCUT2D eigenvalue weighted by molar-refractivity contribution is 7.71. The van der Waals surface area contributed by atoms with Crippen molar-refractivity contribution in [2.45, 2.75) is 32.6 Å². The normalized spacial score (nSPS) is 11.7. The second-order valence-electron chi connectivity index (χ2n) is 12.5. The van der Waals surface area contributed by atoms with E-state index in [0.29, 0.717) is 39.0 Å². The third-order valence-corrected chi connectivity index (χ3v) is 9.36. The van der Waals surface area contributed by atoms with Crippen LogP contribution in [0.3, 0.4) is 0 Å². The molecule has 0 aliphatic rings. The molecule has 0 aliphatic carbocycles. The van der Waals surface area contributed by atoms with E-state index in [1.807, 2.05) is 66.2 Å². The van der Waals surface area contributed by atoms with Crippen LogP contribution in [-0.2, 0) is 5.41 Å². The van der Waals surface area contributed by atoms with Gasteiger partial charge in [-0.05, 0) is 121 Å². The number of benzene rings is 4. The third-order valence-electron chi connectivity index (χ3n) is 8.81. The van der Waals surface area contributed by atoms with E-state index in [9.17, 15) is 10.2 Å². The van der Waals surface area contributed by atoms with Crippen molar-refractivity contribution >= 4 is 41.0 Å². The standard InChI is InChI=1S/C36H34N8O3S2/c1-20-18-22(45)11-13-23(20)32-39-42-35(49)44(32)29-8-5-9-30(46)31(29)47-17-15-36(2,3)26-19-21(37)10-12-24(26)33-40-41-34(48)43(33)28-7-4-6-27-25(28)14-16-38-27/h4-14,16,18-19,38,45-46H,15,17,37H2,1-3H3,(H,41,48)(H,42,49). The van der Waals surface area contributed by atoms with Gasteiger partial charge in [0.15, 0.2) is 32.7 Å². The van der Waals surface area contributed by atoms with Gasteiger partial charge in [-0.15, -0.1) is 0 Å². The molecule has 0 bridgehead atoms. The maximum absolute atomic E-state index is 11.0. The fourth-order valence-corrected chi connectivity index (χ4v) is 6.72. The molecule has 3 heterocycles. The minimum absolute atomic E-state index is 0.0362. The lowest BCUT2D eigenvalue weighted by Gasteiger charge is -2.28. The Kier molecular flexibility index (Phi) is 8.09.